The molecular weight excluding hydrogens is 358 g/mol. The summed E-state index contributed by atoms with van der Waals surface area (Å²) in [6.45, 7) is 0. The second-order valence-corrected chi connectivity index (χ2v) is 5.09. The van der Waals surface area contributed by atoms with Crippen molar-refractivity contribution in [3.8, 4) is 0 Å². The summed E-state index contributed by atoms with van der Waals surface area (Å²) in [5, 5.41) is 2.57. The molecule has 0 heterocycles. The van der Waals surface area contributed by atoms with Crippen molar-refractivity contribution in [2.75, 3.05) is 5.32 Å². The fourth-order valence-electron chi connectivity index (χ4n) is 1.49. The van der Waals surface area contributed by atoms with Crippen LogP contribution in [0.1, 0.15) is 10.4 Å². The molecule has 0 radical (unpaired) electrons. The van der Waals surface area contributed by atoms with Crippen LogP contribution in [-0.2, 0) is 0 Å². The van der Waals surface area contributed by atoms with Gasteiger partial charge in [-0.2, -0.15) is 0 Å². The lowest BCUT2D eigenvalue weighted by Crippen LogP contribution is -2.14. The predicted octanol–water partition coefficient (Wildman–Crippen LogP) is 4.77. The van der Waals surface area contributed by atoms with Crippen LogP contribution in [0.3, 0.4) is 0 Å². The summed E-state index contributed by atoms with van der Waals surface area (Å²) < 4.78 is 39.7. The van der Waals surface area contributed by atoms with Crippen LogP contribution in [0.2, 0.25) is 5.02 Å². The summed E-state index contributed by atoms with van der Waals surface area (Å²) in [6, 6.07) is 6.04. The Bertz CT molecular complexity index is 694. The number of amides is 1. The molecule has 104 valence electrons. The Morgan fingerprint density at radius 1 is 1.10 bits per heavy atom. The van der Waals surface area contributed by atoms with Crippen LogP contribution in [0.5, 0.6) is 0 Å². The zero-order valence-corrected chi connectivity index (χ0v) is 12.0. The molecule has 2 aromatic rings. The van der Waals surface area contributed by atoms with E-state index in [1.54, 1.807) is 0 Å². The van der Waals surface area contributed by atoms with Crippen LogP contribution in [0.4, 0.5) is 18.9 Å². The van der Waals surface area contributed by atoms with Gasteiger partial charge in [-0.3, -0.25) is 4.79 Å². The smallest absolute Gasteiger partial charge is 0.256 e. The SMILES string of the molecule is O=C(Nc1ccc(F)c(F)c1F)c1ccc(Cl)cc1Br. The number of rotatable bonds is 2. The number of nitrogens with one attached hydrogen (secondary N) is 1. The summed E-state index contributed by atoms with van der Waals surface area (Å²) >= 11 is 8.86. The van der Waals surface area contributed by atoms with E-state index < -0.39 is 29.0 Å². The van der Waals surface area contributed by atoms with Crippen LogP contribution < -0.4 is 5.32 Å². The lowest BCUT2D eigenvalue weighted by molar-refractivity contribution is 0.102. The van der Waals surface area contributed by atoms with Gasteiger partial charge < -0.3 is 5.32 Å². The molecule has 0 aliphatic rings. The van der Waals surface area contributed by atoms with E-state index in [1.807, 2.05) is 0 Å². The molecule has 0 saturated carbocycles. The molecule has 0 aliphatic carbocycles. The van der Waals surface area contributed by atoms with Gasteiger partial charge in [0.2, 0.25) is 0 Å². The van der Waals surface area contributed by atoms with Crippen molar-refractivity contribution >= 4 is 39.1 Å². The van der Waals surface area contributed by atoms with Gasteiger partial charge in [0.25, 0.3) is 5.91 Å². The number of halogens is 5. The Balaban J connectivity index is 2.30. The first-order valence-corrected chi connectivity index (χ1v) is 6.47. The first-order valence-electron chi connectivity index (χ1n) is 5.30. The van der Waals surface area contributed by atoms with Gasteiger partial charge in [0.15, 0.2) is 17.5 Å². The molecule has 0 unspecified atom stereocenters. The number of benzene rings is 2. The zero-order valence-electron chi connectivity index (χ0n) is 9.68. The first kappa shape index (κ1) is 14.9. The lowest BCUT2D eigenvalue weighted by atomic mass is 10.2. The summed E-state index contributed by atoms with van der Waals surface area (Å²) in [5.41, 5.74) is -0.269. The van der Waals surface area contributed by atoms with Crippen LogP contribution in [-0.4, -0.2) is 5.91 Å². The number of hydrogen-bond acceptors (Lipinski definition) is 1. The standard InChI is InChI=1S/C13H6BrClF3NO/c14-8-5-6(15)1-2-7(8)13(20)19-10-4-3-9(16)11(17)12(10)18/h1-5H,(H,19,20). The fourth-order valence-corrected chi connectivity index (χ4v) is 2.35. The molecule has 0 spiro atoms. The Kier molecular flexibility index (Phi) is 4.35. The molecule has 0 bridgehead atoms. The molecule has 7 heteroatoms. The van der Waals surface area contributed by atoms with E-state index in [0.29, 0.717) is 9.50 Å². The van der Waals surface area contributed by atoms with Gasteiger partial charge in [0.05, 0.1) is 11.3 Å². The highest BCUT2D eigenvalue weighted by atomic mass is 79.9. The molecule has 0 fully saturated rings. The van der Waals surface area contributed by atoms with Gasteiger partial charge in [0, 0.05) is 9.50 Å². The van der Waals surface area contributed by atoms with Gasteiger partial charge in [0.1, 0.15) is 0 Å². The molecule has 0 aliphatic heterocycles. The highest BCUT2D eigenvalue weighted by Crippen LogP contribution is 2.24. The maximum absolute atomic E-state index is 13.4. The minimum absolute atomic E-state index is 0.179. The van der Waals surface area contributed by atoms with Gasteiger partial charge >= 0.3 is 0 Å². The van der Waals surface area contributed by atoms with E-state index in [-0.39, 0.29) is 5.56 Å². The zero-order chi connectivity index (χ0) is 14.9. The first-order chi connectivity index (χ1) is 9.40. The van der Waals surface area contributed by atoms with E-state index in [1.165, 1.54) is 18.2 Å². The van der Waals surface area contributed by atoms with Crippen molar-refractivity contribution in [2.24, 2.45) is 0 Å². The second-order valence-electron chi connectivity index (χ2n) is 3.80. The van der Waals surface area contributed by atoms with E-state index in [2.05, 4.69) is 21.2 Å². The number of hydrogen-bond donors (Lipinski definition) is 1. The van der Waals surface area contributed by atoms with Crippen molar-refractivity contribution in [2.45, 2.75) is 0 Å². The minimum atomic E-state index is -1.64. The normalized spacial score (nSPS) is 10.4. The molecule has 1 N–H and O–H groups in total. The maximum atomic E-state index is 13.4. The average molecular weight is 365 g/mol. The Morgan fingerprint density at radius 3 is 2.45 bits per heavy atom. The molecule has 0 atom stereocenters. The molecule has 20 heavy (non-hydrogen) atoms. The summed E-state index contributed by atoms with van der Waals surface area (Å²) in [5.74, 6) is -5.10. The quantitative estimate of drug-likeness (QED) is 0.764. The monoisotopic (exact) mass is 363 g/mol. The van der Waals surface area contributed by atoms with Gasteiger partial charge in [-0.25, -0.2) is 13.2 Å². The topological polar surface area (TPSA) is 29.1 Å². The number of carbonyl (C=O) groups is 1. The van der Waals surface area contributed by atoms with E-state index >= 15 is 0 Å². The summed E-state index contributed by atoms with van der Waals surface area (Å²) in [6.07, 6.45) is 0. The Morgan fingerprint density at radius 2 is 1.80 bits per heavy atom. The van der Waals surface area contributed by atoms with Crippen LogP contribution >= 0.6 is 27.5 Å². The van der Waals surface area contributed by atoms with E-state index in [4.69, 9.17) is 11.6 Å². The van der Waals surface area contributed by atoms with E-state index in [0.717, 1.165) is 12.1 Å². The molecule has 0 saturated heterocycles. The molecule has 2 rings (SSSR count). The van der Waals surface area contributed by atoms with Crippen molar-refractivity contribution in [1.82, 2.24) is 0 Å². The third kappa shape index (κ3) is 2.96. The van der Waals surface area contributed by atoms with Gasteiger partial charge in [-0.1, -0.05) is 11.6 Å². The van der Waals surface area contributed by atoms with Gasteiger partial charge in [-0.05, 0) is 46.3 Å². The molecule has 2 aromatic carbocycles. The summed E-state index contributed by atoms with van der Waals surface area (Å²) in [7, 11) is 0. The maximum Gasteiger partial charge on any atom is 0.256 e. The number of carbonyl (C=O) groups excluding carboxylic acids is 1. The fraction of sp³-hybridized carbons (Fsp3) is 0. The largest absolute Gasteiger partial charge is 0.319 e. The molecule has 0 aromatic heterocycles. The highest BCUT2D eigenvalue weighted by molar-refractivity contribution is 9.10. The molecule has 2 nitrogen and oxygen atoms in total. The Labute approximate surface area is 125 Å². The van der Waals surface area contributed by atoms with Crippen molar-refractivity contribution in [3.63, 3.8) is 0 Å². The predicted molar refractivity (Wildman–Crippen MR) is 73.4 cm³/mol. The van der Waals surface area contributed by atoms with Crippen LogP contribution in [0.25, 0.3) is 0 Å². The second kappa shape index (κ2) is 5.85. The van der Waals surface area contributed by atoms with Crippen LogP contribution in [0.15, 0.2) is 34.8 Å². The average Bonchev–Trinajstić information content (AvgIpc) is 2.39. The third-order valence-corrected chi connectivity index (χ3v) is 3.35. The number of anilines is 1. The van der Waals surface area contributed by atoms with Crippen molar-refractivity contribution in [1.29, 1.82) is 0 Å². The van der Waals surface area contributed by atoms with Crippen molar-refractivity contribution in [3.05, 3.63) is 62.8 Å². The molecule has 1 amide bonds. The highest BCUT2D eigenvalue weighted by Gasteiger charge is 2.17. The third-order valence-electron chi connectivity index (χ3n) is 2.46. The van der Waals surface area contributed by atoms with E-state index in [9.17, 15) is 18.0 Å². The van der Waals surface area contributed by atoms with Crippen molar-refractivity contribution < 1.29 is 18.0 Å². The Hall–Kier alpha value is -1.53. The molecular formula is C13H6BrClF3NO. The van der Waals surface area contributed by atoms with Crippen LogP contribution in [0, 0.1) is 17.5 Å². The summed E-state index contributed by atoms with van der Waals surface area (Å²) in [4.78, 5) is 11.9. The minimum Gasteiger partial charge on any atom is -0.319 e. The lowest BCUT2D eigenvalue weighted by Gasteiger charge is -2.08. The van der Waals surface area contributed by atoms with Gasteiger partial charge in [-0.15, -0.1) is 0 Å².